The summed E-state index contributed by atoms with van der Waals surface area (Å²) in [5, 5.41) is 9.19. The lowest BCUT2D eigenvalue weighted by atomic mass is 10.2. The number of benzene rings is 1. The molecule has 0 amide bonds. The van der Waals surface area contributed by atoms with Crippen LogP contribution in [0.2, 0.25) is 0 Å². The summed E-state index contributed by atoms with van der Waals surface area (Å²) < 4.78 is 0. The number of aliphatic imine (C=N–C) groups is 1. The molecule has 142 valence electrons. The molecule has 4 nitrogen and oxygen atoms in total. The molecule has 1 aromatic heterocycles. The van der Waals surface area contributed by atoms with Crippen LogP contribution in [0.5, 0.6) is 0 Å². The van der Waals surface area contributed by atoms with E-state index in [9.17, 15) is 0 Å². The number of thiophene rings is 1. The predicted molar refractivity (Wildman–Crippen MR) is 123 cm³/mol. The number of nitrogens with zero attached hydrogens (tertiary/aromatic N) is 2. The molecule has 2 unspecified atom stereocenters. The largest absolute Gasteiger partial charge is 0.352 e. The molecule has 2 heterocycles. The van der Waals surface area contributed by atoms with Gasteiger partial charge in [-0.05, 0) is 42.8 Å². The van der Waals surface area contributed by atoms with Crippen molar-refractivity contribution in [2.24, 2.45) is 4.99 Å². The zero-order chi connectivity index (χ0) is 17.6. The minimum absolute atomic E-state index is 0. The van der Waals surface area contributed by atoms with Crippen LogP contribution in [0.3, 0.4) is 0 Å². The highest BCUT2D eigenvalue weighted by Gasteiger charge is 2.29. The first-order chi connectivity index (χ1) is 12.2. The Balaban J connectivity index is 0.00000243. The molecule has 1 saturated heterocycles. The Morgan fingerprint density at radius 3 is 2.69 bits per heavy atom. The van der Waals surface area contributed by atoms with Gasteiger partial charge >= 0.3 is 0 Å². The van der Waals surface area contributed by atoms with Gasteiger partial charge in [-0.3, -0.25) is 9.89 Å². The van der Waals surface area contributed by atoms with Crippen LogP contribution in [0.25, 0.3) is 0 Å². The number of hydrogen-bond donors (Lipinski definition) is 2. The minimum Gasteiger partial charge on any atom is -0.352 e. The Labute approximate surface area is 178 Å². The molecular weight excluding hydrogens is 455 g/mol. The molecule has 26 heavy (non-hydrogen) atoms. The van der Waals surface area contributed by atoms with Crippen molar-refractivity contribution in [1.82, 2.24) is 15.5 Å². The van der Waals surface area contributed by atoms with Gasteiger partial charge in [0, 0.05) is 37.1 Å². The van der Waals surface area contributed by atoms with Gasteiger partial charge in [-0.2, -0.15) is 0 Å². The highest BCUT2D eigenvalue weighted by Crippen LogP contribution is 2.20. The summed E-state index contributed by atoms with van der Waals surface area (Å²) in [5.74, 6) is 0.895. The summed E-state index contributed by atoms with van der Waals surface area (Å²) in [7, 11) is 1.84. The third kappa shape index (κ3) is 5.69. The Kier molecular flexibility index (Phi) is 8.37. The van der Waals surface area contributed by atoms with E-state index in [-0.39, 0.29) is 24.0 Å². The first-order valence-corrected chi connectivity index (χ1v) is 9.82. The zero-order valence-corrected chi connectivity index (χ0v) is 18.9. The van der Waals surface area contributed by atoms with Crippen molar-refractivity contribution in [3.63, 3.8) is 0 Å². The van der Waals surface area contributed by atoms with Crippen molar-refractivity contribution in [2.45, 2.75) is 45.4 Å². The van der Waals surface area contributed by atoms with Gasteiger partial charge in [0.05, 0.1) is 6.54 Å². The van der Waals surface area contributed by atoms with Gasteiger partial charge in [0.25, 0.3) is 0 Å². The van der Waals surface area contributed by atoms with E-state index >= 15 is 0 Å². The molecule has 0 aliphatic carbocycles. The van der Waals surface area contributed by atoms with Crippen molar-refractivity contribution in [2.75, 3.05) is 13.6 Å². The fourth-order valence-corrected chi connectivity index (χ4v) is 4.22. The lowest BCUT2D eigenvalue weighted by Gasteiger charge is -2.21. The number of rotatable bonds is 5. The van der Waals surface area contributed by atoms with Crippen LogP contribution in [0.4, 0.5) is 0 Å². The molecule has 0 radical (unpaired) electrons. The van der Waals surface area contributed by atoms with E-state index in [0.717, 1.165) is 32.0 Å². The molecule has 1 aromatic carbocycles. The van der Waals surface area contributed by atoms with Gasteiger partial charge < -0.3 is 10.6 Å². The molecule has 6 heteroatoms. The monoisotopic (exact) mass is 484 g/mol. The average Bonchev–Trinajstić information content (AvgIpc) is 3.18. The van der Waals surface area contributed by atoms with Gasteiger partial charge in [0.1, 0.15) is 0 Å². The molecule has 2 aromatic rings. The summed E-state index contributed by atoms with van der Waals surface area (Å²) in [6.45, 7) is 7.37. The van der Waals surface area contributed by atoms with Gasteiger partial charge in [-0.1, -0.05) is 30.3 Å². The second kappa shape index (κ2) is 10.3. The quantitative estimate of drug-likeness (QED) is 0.383. The maximum absolute atomic E-state index is 4.40. The molecule has 0 bridgehead atoms. The lowest BCUT2D eigenvalue weighted by molar-refractivity contribution is 0.258. The van der Waals surface area contributed by atoms with E-state index in [2.05, 4.69) is 76.2 Å². The lowest BCUT2D eigenvalue weighted by Crippen LogP contribution is -2.44. The van der Waals surface area contributed by atoms with Crippen LogP contribution in [0, 0.1) is 6.92 Å². The average molecular weight is 484 g/mol. The number of guanidine groups is 1. The molecule has 1 fully saturated rings. The van der Waals surface area contributed by atoms with Gasteiger partial charge in [0.2, 0.25) is 0 Å². The first kappa shape index (κ1) is 21.2. The molecule has 2 atom stereocenters. The van der Waals surface area contributed by atoms with Gasteiger partial charge in [-0.25, -0.2) is 0 Å². The highest BCUT2D eigenvalue weighted by atomic mass is 127. The summed E-state index contributed by atoms with van der Waals surface area (Å²) in [6, 6.07) is 13.9. The van der Waals surface area contributed by atoms with E-state index in [1.165, 1.54) is 16.0 Å². The minimum atomic E-state index is 0. The predicted octanol–water partition coefficient (Wildman–Crippen LogP) is 4.00. The molecule has 0 spiro atoms. The summed E-state index contributed by atoms with van der Waals surface area (Å²) >= 11 is 1.79. The molecule has 1 aliphatic heterocycles. The summed E-state index contributed by atoms with van der Waals surface area (Å²) in [4.78, 5) is 8.31. The third-order valence-corrected chi connectivity index (χ3v) is 5.90. The van der Waals surface area contributed by atoms with E-state index in [0.29, 0.717) is 12.1 Å². The third-order valence-electron chi connectivity index (χ3n) is 4.88. The van der Waals surface area contributed by atoms with Crippen molar-refractivity contribution in [3.05, 3.63) is 57.8 Å². The molecular formula is C20H29IN4S. The van der Waals surface area contributed by atoms with Crippen molar-refractivity contribution in [3.8, 4) is 0 Å². The first-order valence-electron chi connectivity index (χ1n) is 8.94. The summed E-state index contributed by atoms with van der Waals surface area (Å²) in [5.41, 5.74) is 2.72. The SMILES string of the molecule is CN=C(NCc1sccc1C)NC1CC(C)N(Cc2ccccc2)C1.I. The topological polar surface area (TPSA) is 39.7 Å². The second-order valence-electron chi connectivity index (χ2n) is 6.79. The van der Waals surface area contributed by atoms with Crippen molar-refractivity contribution >= 4 is 41.3 Å². The Hall–Kier alpha value is -1.12. The Bertz CT molecular complexity index is 701. The van der Waals surface area contributed by atoms with Crippen LogP contribution in [-0.2, 0) is 13.1 Å². The smallest absolute Gasteiger partial charge is 0.191 e. The zero-order valence-electron chi connectivity index (χ0n) is 15.7. The maximum Gasteiger partial charge on any atom is 0.191 e. The van der Waals surface area contributed by atoms with Crippen LogP contribution < -0.4 is 10.6 Å². The Morgan fingerprint density at radius 2 is 2.04 bits per heavy atom. The fraction of sp³-hybridized carbons (Fsp3) is 0.450. The number of likely N-dealkylation sites (tertiary alicyclic amines) is 1. The van der Waals surface area contributed by atoms with Crippen molar-refractivity contribution in [1.29, 1.82) is 0 Å². The molecule has 1 aliphatic rings. The summed E-state index contributed by atoms with van der Waals surface area (Å²) in [6.07, 6.45) is 1.14. The maximum atomic E-state index is 4.40. The molecule has 0 saturated carbocycles. The second-order valence-corrected chi connectivity index (χ2v) is 7.79. The van der Waals surface area contributed by atoms with Gasteiger partial charge in [-0.15, -0.1) is 35.3 Å². The Morgan fingerprint density at radius 1 is 1.27 bits per heavy atom. The fourth-order valence-electron chi connectivity index (χ4n) is 3.38. The standard InChI is InChI=1S/C20H28N4S.HI/c1-15-9-10-25-19(15)12-22-20(21-3)23-18-11-16(2)24(14-18)13-17-7-5-4-6-8-17;/h4-10,16,18H,11-14H2,1-3H3,(H2,21,22,23);1H. The molecule has 2 N–H and O–H groups in total. The number of aryl methyl sites for hydroxylation is 1. The molecule has 3 rings (SSSR count). The van der Waals surface area contributed by atoms with Gasteiger partial charge in [0.15, 0.2) is 5.96 Å². The van der Waals surface area contributed by atoms with E-state index < -0.39 is 0 Å². The van der Waals surface area contributed by atoms with E-state index in [1.807, 2.05) is 7.05 Å². The van der Waals surface area contributed by atoms with E-state index in [4.69, 9.17) is 0 Å². The van der Waals surface area contributed by atoms with Crippen LogP contribution >= 0.6 is 35.3 Å². The van der Waals surface area contributed by atoms with Crippen LogP contribution in [0.15, 0.2) is 46.8 Å². The van der Waals surface area contributed by atoms with E-state index in [1.54, 1.807) is 11.3 Å². The number of hydrogen-bond acceptors (Lipinski definition) is 3. The number of nitrogens with one attached hydrogen (secondary N) is 2. The normalized spacial score (nSPS) is 20.7. The van der Waals surface area contributed by atoms with Crippen LogP contribution in [0.1, 0.15) is 29.3 Å². The van der Waals surface area contributed by atoms with Crippen LogP contribution in [-0.4, -0.2) is 36.5 Å². The van der Waals surface area contributed by atoms with Crippen molar-refractivity contribution < 1.29 is 0 Å². The number of halogens is 1. The highest BCUT2D eigenvalue weighted by molar-refractivity contribution is 14.0.